The largest absolute Gasteiger partial charge is 0.422 e. The highest BCUT2D eigenvalue weighted by atomic mass is 16.4. The van der Waals surface area contributed by atoms with Crippen molar-refractivity contribution in [1.29, 1.82) is 0 Å². The molecule has 1 aromatic heterocycles. The molecule has 3 aromatic rings. The molecule has 0 aliphatic rings. The Balaban J connectivity index is 2.24. The lowest BCUT2D eigenvalue weighted by Gasteiger charge is -2.03. The standard InChI is InChI=1S/C15H12N2O2/c16-11-4-1-9(2-5-11)13-7-10-3-6-12(17)8-14(10)19-15(13)18/h1-8H,16-17H2. The minimum absolute atomic E-state index is 0.386. The van der Waals surface area contributed by atoms with Crippen molar-refractivity contribution >= 4 is 22.3 Å². The zero-order chi connectivity index (χ0) is 13.4. The average Bonchev–Trinajstić information content (AvgIpc) is 2.39. The number of anilines is 2. The van der Waals surface area contributed by atoms with E-state index in [1.165, 1.54) is 0 Å². The summed E-state index contributed by atoms with van der Waals surface area (Å²) in [5.41, 5.74) is 13.9. The Hall–Kier alpha value is -2.75. The van der Waals surface area contributed by atoms with E-state index in [1.54, 1.807) is 42.5 Å². The predicted octanol–water partition coefficient (Wildman–Crippen LogP) is 2.62. The van der Waals surface area contributed by atoms with Gasteiger partial charge in [-0.1, -0.05) is 12.1 Å². The molecule has 4 nitrogen and oxygen atoms in total. The van der Waals surface area contributed by atoms with Crippen LogP contribution in [0.15, 0.2) is 57.7 Å². The SMILES string of the molecule is Nc1ccc(-c2cc3ccc(N)cc3oc2=O)cc1. The normalized spacial score (nSPS) is 10.7. The van der Waals surface area contributed by atoms with Crippen molar-refractivity contribution in [2.24, 2.45) is 0 Å². The van der Waals surface area contributed by atoms with Gasteiger partial charge in [-0.05, 0) is 35.9 Å². The number of hydrogen-bond donors (Lipinski definition) is 2. The Morgan fingerprint density at radius 3 is 2.26 bits per heavy atom. The number of rotatable bonds is 1. The number of nitrogens with two attached hydrogens (primary N) is 2. The van der Waals surface area contributed by atoms with Crippen molar-refractivity contribution in [2.75, 3.05) is 11.5 Å². The van der Waals surface area contributed by atoms with Crippen LogP contribution in [0.3, 0.4) is 0 Å². The number of fused-ring (bicyclic) bond motifs is 1. The van der Waals surface area contributed by atoms with Gasteiger partial charge in [0.15, 0.2) is 0 Å². The van der Waals surface area contributed by atoms with Gasteiger partial charge < -0.3 is 15.9 Å². The van der Waals surface area contributed by atoms with Crippen LogP contribution >= 0.6 is 0 Å². The smallest absolute Gasteiger partial charge is 0.344 e. The molecule has 4 heteroatoms. The molecule has 0 radical (unpaired) electrons. The molecule has 0 bridgehead atoms. The summed E-state index contributed by atoms with van der Waals surface area (Å²) in [4.78, 5) is 12.0. The van der Waals surface area contributed by atoms with Crippen LogP contribution in [0.1, 0.15) is 0 Å². The van der Waals surface area contributed by atoms with Gasteiger partial charge >= 0.3 is 5.63 Å². The first-order valence-electron chi connectivity index (χ1n) is 5.83. The van der Waals surface area contributed by atoms with E-state index in [1.807, 2.05) is 6.07 Å². The third-order valence-corrected chi connectivity index (χ3v) is 2.98. The summed E-state index contributed by atoms with van der Waals surface area (Å²) in [6.45, 7) is 0. The molecule has 0 atom stereocenters. The zero-order valence-corrected chi connectivity index (χ0v) is 10.1. The Labute approximate surface area is 109 Å². The van der Waals surface area contributed by atoms with Crippen molar-refractivity contribution < 1.29 is 4.42 Å². The lowest BCUT2D eigenvalue weighted by molar-refractivity contribution is 0.563. The van der Waals surface area contributed by atoms with Gasteiger partial charge in [0.1, 0.15) is 5.58 Å². The maximum absolute atomic E-state index is 12.0. The number of benzene rings is 2. The molecular weight excluding hydrogens is 240 g/mol. The molecule has 4 N–H and O–H groups in total. The summed E-state index contributed by atoms with van der Waals surface area (Å²) in [5, 5.41) is 0.834. The molecule has 0 fully saturated rings. The maximum Gasteiger partial charge on any atom is 0.344 e. The number of nitrogen functional groups attached to an aromatic ring is 2. The fourth-order valence-electron chi connectivity index (χ4n) is 1.99. The van der Waals surface area contributed by atoms with Crippen molar-refractivity contribution in [2.45, 2.75) is 0 Å². The average molecular weight is 252 g/mol. The van der Waals surface area contributed by atoms with Crippen LogP contribution in [0.5, 0.6) is 0 Å². The molecule has 3 rings (SSSR count). The third-order valence-electron chi connectivity index (χ3n) is 2.98. The minimum atomic E-state index is -0.386. The van der Waals surface area contributed by atoms with Crippen molar-refractivity contribution in [3.8, 4) is 11.1 Å². The molecular formula is C15H12N2O2. The highest BCUT2D eigenvalue weighted by Gasteiger charge is 2.07. The molecule has 0 unspecified atom stereocenters. The van der Waals surface area contributed by atoms with E-state index in [9.17, 15) is 4.79 Å². The lowest BCUT2D eigenvalue weighted by atomic mass is 10.1. The summed E-state index contributed by atoms with van der Waals surface area (Å²) in [7, 11) is 0. The molecule has 2 aromatic carbocycles. The second-order valence-electron chi connectivity index (χ2n) is 4.37. The fourth-order valence-corrected chi connectivity index (χ4v) is 1.99. The Morgan fingerprint density at radius 1 is 0.842 bits per heavy atom. The van der Waals surface area contributed by atoms with E-state index in [2.05, 4.69) is 0 Å². The van der Waals surface area contributed by atoms with Crippen LogP contribution in [0.25, 0.3) is 22.1 Å². The second-order valence-corrected chi connectivity index (χ2v) is 4.37. The minimum Gasteiger partial charge on any atom is -0.422 e. The molecule has 0 aliphatic heterocycles. The van der Waals surface area contributed by atoms with Gasteiger partial charge in [-0.25, -0.2) is 4.79 Å². The molecule has 0 aliphatic carbocycles. The van der Waals surface area contributed by atoms with Crippen LogP contribution in [0.4, 0.5) is 11.4 Å². The Morgan fingerprint density at radius 2 is 1.53 bits per heavy atom. The van der Waals surface area contributed by atoms with Gasteiger partial charge in [0.25, 0.3) is 0 Å². The third kappa shape index (κ3) is 2.04. The van der Waals surface area contributed by atoms with Crippen molar-refractivity contribution in [1.82, 2.24) is 0 Å². The fraction of sp³-hybridized carbons (Fsp3) is 0. The first-order chi connectivity index (χ1) is 9.13. The van der Waals surface area contributed by atoms with Crippen LogP contribution in [-0.4, -0.2) is 0 Å². The van der Waals surface area contributed by atoms with Gasteiger partial charge in [-0.2, -0.15) is 0 Å². The molecule has 0 saturated carbocycles. The lowest BCUT2D eigenvalue weighted by Crippen LogP contribution is -2.02. The molecule has 1 heterocycles. The molecule has 0 saturated heterocycles. The van der Waals surface area contributed by atoms with Crippen LogP contribution in [-0.2, 0) is 0 Å². The summed E-state index contributed by atoms with van der Waals surface area (Å²) in [6, 6.07) is 14.1. The molecule has 19 heavy (non-hydrogen) atoms. The highest BCUT2D eigenvalue weighted by Crippen LogP contribution is 2.23. The van der Waals surface area contributed by atoms with E-state index in [0.29, 0.717) is 22.5 Å². The molecule has 0 spiro atoms. The van der Waals surface area contributed by atoms with Gasteiger partial charge in [0.05, 0.1) is 5.56 Å². The summed E-state index contributed by atoms with van der Waals surface area (Å²) in [6.07, 6.45) is 0. The van der Waals surface area contributed by atoms with Gasteiger partial charge in [0, 0.05) is 22.8 Å². The maximum atomic E-state index is 12.0. The van der Waals surface area contributed by atoms with E-state index in [4.69, 9.17) is 15.9 Å². The van der Waals surface area contributed by atoms with Crippen molar-refractivity contribution in [3.63, 3.8) is 0 Å². The first-order valence-corrected chi connectivity index (χ1v) is 5.83. The predicted molar refractivity (Wildman–Crippen MR) is 76.7 cm³/mol. The zero-order valence-electron chi connectivity index (χ0n) is 10.1. The molecule has 0 amide bonds. The Bertz CT molecular complexity index is 804. The van der Waals surface area contributed by atoms with E-state index in [0.717, 1.165) is 10.9 Å². The van der Waals surface area contributed by atoms with Gasteiger partial charge in [0.2, 0.25) is 0 Å². The van der Waals surface area contributed by atoms with Gasteiger partial charge in [-0.15, -0.1) is 0 Å². The summed E-state index contributed by atoms with van der Waals surface area (Å²) < 4.78 is 5.29. The topological polar surface area (TPSA) is 82.2 Å². The number of hydrogen-bond acceptors (Lipinski definition) is 4. The van der Waals surface area contributed by atoms with E-state index in [-0.39, 0.29) is 5.63 Å². The highest BCUT2D eigenvalue weighted by molar-refractivity contribution is 5.84. The van der Waals surface area contributed by atoms with Crippen LogP contribution in [0, 0.1) is 0 Å². The Kier molecular flexibility index (Phi) is 2.49. The quantitative estimate of drug-likeness (QED) is 0.515. The monoisotopic (exact) mass is 252 g/mol. The summed E-state index contributed by atoms with van der Waals surface area (Å²) in [5.74, 6) is 0. The summed E-state index contributed by atoms with van der Waals surface area (Å²) >= 11 is 0. The van der Waals surface area contributed by atoms with E-state index >= 15 is 0 Å². The van der Waals surface area contributed by atoms with Crippen LogP contribution < -0.4 is 17.1 Å². The molecule has 94 valence electrons. The van der Waals surface area contributed by atoms with Crippen molar-refractivity contribution in [3.05, 3.63) is 59.0 Å². The second kappa shape index (κ2) is 4.17. The van der Waals surface area contributed by atoms with Crippen LogP contribution in [0.2, 0.25) is 0 Å². The first kappa shape index (κ1) is 11.3. The van der Waals surface area contributed by atoms with Gasteiger partial charge in [-0.3, -0.25) is 0 Å². The van der Waals surface area contributed by atoms with E-state index < -0.39 is 0 Å².